The lowest BCUT2D eigenvalue weighted by molar-refractivity contribution is -0.120. The Labute approximate surface area is 192 Å². The van der Waals surface area contributed by atoms with Crippen LogP contribution < -0.4 is 11.1 Å². The van der Waals surface area contributed by atoms with Crippen molar-refractivity contribution in [3.63, 3.8) is 0 Å². The minimum Gasteiger partial charge on any atom is -0.384 e. The first-order chi connectivity index (χ1) is 15.5. The van der Waals surface area contributed by atoms with Gasteiger partial charge in [0, 0.05) is 42.3 Å². The lowest BCUT2D eigenvalue weighted by atomic mass is 9.83. The lowest BCUT2D eigenvalue weighted by Gasteiger charge is -2.45. The molecule has 0 radical (unpaired) electrons. The SMILES string of the molecule is CCCCC(c1cccc2c1CC(Cc1nccc(N)n1)C(=O)N2)N1C(C)CCCC1C. The summed E-state index contributed by atoms with van der Waals surface area (Å²) in [5, 5.41) is 3.18. The van der Waals surface area contributed by atoms with Crippen LogP contribution in [0.2, 0.25) is 0 Å². The van der Waals surface area contributed by atoms with Gasteiger partial charge in [0.2, 0.25) is 5.91 Å². The average Bonchev–Trinajstić information content (AvgIpc) is 2.76. The third-order valence-electron chi connectivity index (χ3n) is 7.26. The molecule has 6 heteroatoms. The van der Waals surface area contributed by atoms with Crippen molar-refractivity contribution in [3.05, 3.63) is 47.4 Å². The van der Waals surface area contributed by atoms with Gasteiger partial charge in [0.05, 0.1) is 0 Å². The number of unbranched alkanes of at least 4 members (excludes halogenated alkanes) is 1. The van der Waals surface area contributed by atoms with Crippen molar-refractivity contribution in [3.8, 4) is 0 Å². The Morgan fingerprint density at radius 1 is 1.22 bits per heavy atom. The molecular weight excluding hydrogens is 398 g/mol. The van der Waals surface area contributed by atoms with Crippen LogP contribution in [0.15, 0.2) is 30.5 Å². The minimum atomic E-state index is -0.187. The summed E-state index contributed by atoms with van der Waals surface area (Å²) >= 11 is 0. The van der Waals surface area contributed by atoms with E-state index >= 15 is 0 Å². The van der Waals surface area contributed by atoms with Gasteiger partial charge in [0.1, 0.15) is 11.6 Å². The zero-order chi connectivity index (χ0) is 22.7. The maximum absolute atomic E-state index is 12.9. The number of likely N-dealkylation sites (tertiary alicyclic amines) is 1. The molecule has 2 aliphatic rings. The number of nitrogen functional groups attached to an aromatic ring is 1. The average molecular weight is 436 g/mol. The molecule has 2 aromatic rings. The number of hydrogen-bond acceptors (Lipinski definition) is 5. The third kappa shape index (κ3) is 4.80. The van der Waals surface area contributed by atoms with Gasteiger partial charge in [-0.2, -0.15) is 0 Å². The van der Waals surface area contributed by atoms with E-state index in [2.05, 4.69) is 53.1 Å². The Hall–Kier alpha value is -2.47. The zero-order valence-corrected chi connectivity index (χ0v) is 19.7. The molecule has 1 aromatic carbocycles. The van der Waals surface area contributed by atoms with E-state index in [1.54, 1.807) is 12.3 Å². The van der Waals surface area contributed by atoms with Gasteiger partial charge < -0.3 is 11.1 Å². The van der Waals surface area contributed by atoms with Gasteiger partial charge in [-0.05, 0) is 62.8 Å². The number of amides is 1. The van der Waals surface area contributed by atoms with Crippen LogP contribution in [-0.4, -0.2) is 32.9 Å². The highest BCUT2D eigenvalue weighted by atomic mass is 16.1. The maximum Gasteiger partial charge on any atom is 0.228 e. The first kappa shape index (κ1) is 22.7. The number of hydrogen-bond donors (Lipinski definition) is 2. The molecule has 6 nitrogen and oxygen atoms in total. The molecule has 172 valence electrons. The van der Waals surface area contributed by atoms with Crippen LogP contribution in [0.3, 0.4) is 0 Å². The van der Waals surface area contributed by atoms with Crippen LogP contribution in [0, 0.1) is 5.92 Å². The number of nitrogens with one attached hydrogen (secondary N) is 1. The second-order valence-corrected chi connectivity index (χ2v) is 9.60. The van der Waals surface area contributed by atoms with Crippen LogP contribution in [-0.2, 0) is 17.6 Å². The fourth-order valence-corrected chi connectivity index (χ4v) is 5.65. The highest BCUT2D eigenvalue weighted by Gasteiger charge is 2.35. The predicted molar refractivity (Wildman–Crippen MR) is 129 cm³/mol. The van der Waals surface area contributed by atoms with Gasteiger partial charge in [-0.15, -0.1) is 0 Å². The quantitative estimate of drug-likeness (QED) is 0.646. The molecule has 0 saturated carbocycles. The van der Waals surface area contributed by atoms with Gasteiger partial charge in [-0.1, -0.05) is 38.3 Å². The fourth-order valence-electron chi connectivity index (χ4n) is 5.65. The standard InChI is InChI=1S/C26H37N5O/c1-4-5-12-23(31-17(2)8-6-9-18(31)3)20-10-7-11-22-21(20)15-19(26(32)29-22)16-25-28-14-13-24(27)30-25/h7,10-11,13-14,17-19,23H,4-6,8-9,12,15-16H2,1-3H3,(H,29,32)(H2,27,28,30). The highest BCUT2D eigenvalue weighted by molar-refractivity contribution is 5.96. The van der Waals surface area contributed by atoms with Crippen LogP contribution in [0.5, 0.6) is 0 Å². The van der Waals surface area contributed by atoms with Crippen molar-refractivity contribution in [2.75, 3.05) is 11.1 Å². The second-order valence-electron chi connectivity index (χ2n) is 9.60. The minimum absolute atomic E-state index is 0.0468. The van der Waals surface area contributed by atoms with E-state index in [1.807, 2.05) is 6.07 Å². The summed E-state index contributed by atoms with van der Waals surface area (Å²) in [5.74, 6) is 0.936. The number of anilines is 2. The summed E-state index contributed by atoms with van der Waals surface area (Å²) in [6.45, 7) is 7.03. The zero-order valence-electron chi connectivity index (χ0n) is 19.7. The van der Waals surface area contributed by atoms with Gasteiger partial charge in [-0.25, -0.2) is 9.97 Å². The number of carbonyl (C=O) groups is 1. The van der Waals surface area contributed by atoms with E-state index in [4.69, 9.17) is 5.73 Å². The van der Waals surface area contributed by atoms with Crippen LogP contribution in [0.25, 0.3) is 0 Å². The van der Waals surface area contributed by atoms with E-state index in [1.165, 1.54) is 43.2 Å². The number of rotatable bonds is 7. The van der Waals surface area contributed by atoms with Gasteiger partial charge in [0.25, 0.3) is 0 Å². The molecule has 1 fully saturated rings. The molecule has 1 saturated heterocycles. The summed E-state index contributed by atoms with van der Waals surface area (Å²) in [7, 11) is 0. The molecule has 3 heterocycles. The largest absolute Gasteiger partial charge is 0.384 e. The first-order valence-corrected chi connectivity index (χ1v) is 12.2. The Balaban J connectivity index is 1.66. The number of carbonyl (C=O) groups excluding carboxylic acids is 1. The smallest absolute Gasteiger partial charge is 0.228 e. The summed E-state index contributed by atoms with van der Waals surface area (Å²) in [6, 6.07) is 9.65. The van der Waals surface area contributed by atoms with Crippen molar-refractivity contribution in [2.24, 2.45) is 5.92 Å². The Bertz CT molecular complexity index is 936. The van der Waals surface area contributed by atoms with Gasteiger partial charge in [-0.3, -0.25) is 9.69 Å². The second kappa shape index (κ2) is 9.99. The fraction of sp³-hybridized carbons (Fsp3) is 0.577. The summed E-state index contributed by atoms with van der Waals surface area (Å²) < 4.78 is 0. The molecule has 0 aliphatic carbocycles. The van der Waals surface area contributed by atoms with E-state index in [0.29, 0.717) is 42.6 Å². The number of nitrogens with two attached hydrogens (primary N) is 1. The molecule has 4 unspecified atom stereocenters. The molecule has 32 heavy (non-hydrogen) atoms. The Morgan fingerprint density at radius 3 is 2.72 bits per heavy atom. The summed E-state index contributed by atoms with van der Waals surface area (Å²) in [6.07, 6.45) is 10.3. The van der Waals surface area contributed by atoms with Crippen molar-refractivity contribution in [1.82, 2.24) is 14.9 Å². The molecule has 1 aromatic heterocycles. The number of nitrogens with zero attached hydrogens (tertiary/aromatic N) is 3. The van der Waals surface area contributed by atoms with Crippen LogP contribution in [0.4, 0.5) is 11.5 Å². The Morgan fingerprint density at radius 2 is 2.00 bits per heavy atom. The molecule has 0 bridgehead atoms. The summed E-state index contributed by atoms with van der Waals surface area (Å²) in [4.78, 5) is 24.3. The summed E-state index contributed by atoms with van der Waals surface area (Å²) in [5.41, 5.74) is 9.47. The monoisotopic (exact) mass is 435 g/mol. The maximum atomic E-state index is 12.9. The van der Waals surface area contributed by atoms with Crippen molar-refractivity contribution < 1.29 is 4.79 Å². The van der Waals surface area contributed by atoms with Crippen molar-refractivity contribution in [1.29, 1.82) is 0 Å². The molecule has 3 N–H and O–H groups in total. The van der Waals surface area contributed by atoms with Gasteiger partial charge >= 0.3 is 0 Å². The molecule has 1 amide bonds. The van der Waals surface area contributed by atoms with Crippen LogP contribution in [0.1, 0.15) is 82.3 Å². The number of aromatic nitrogens is 2. The Kier molecular flexibility index (Phi) is 7.09. The first-order valence-electron chi connectivity index (χ1n) is 12.2. The number of fused-ring (bicyclic) bond motifs is 1. The third-order valence-corrected chi connectivity index (χ3v) is 7.26. The molecule has 4 atom stereocenters. The molecule has 4 rings (SSSR count). The van der Waals surface area contributed by atoms with Crippen LogP contribution >= 0.6 is 0 Å². The topological polar surface area (TPSA) is 84.1 Å². The number of benzene rings is 1. The number of piperidine rings is 1. The van der Waals surface area contributed by atoms with Gasteiger partial charge in [0.15, 0.2) is 0 Å². The lowest BCUT2D eigenvalue weighted by Crippen LogP contribution is -2.46. The van der Waals surface area contributed by atoms with E-state index in [9.17, 15) is 4.79 Å². The van der Waals surface area contributed by atoms with E-state index < -0.39 is 0 Å². The van der Waals surface area contributed by atoms with E-state index in [0.717, 1.165) is 12.1 Å². The molecule has 0 spiro atoms. The van der Waals surface area contributed by atoms with E-state index in [-0.39, 0.29) is 11.8 Å². The normalized spacial score (nSPS) is 24.6. The highest BCUT2D eigenvalue weighted by Crippen LogP contribution is 2.40. The van der Waals surface area contributed by atoms with Crippen molar-refractivity contribution >= 4 is 17.4 Å². The molecular formula is C26H37N5O. The predicted octanol–water partition coefficient (Wildman–Crippen LogP) is 4.91. The molecule has 2 aliphatic heterocycles. The van der Waals surface area contributed by atoms with Crippen molar-refractivity contribution in [2.45, 2.75) is 90.3 Å².